The van der Waals surface area contributed by atoms with Crippen LogP contribution in [0.4, 0.5) is 8.78 Å². The molecule has 2 fully saturated rings. The first-order valence-corrected chi connectivity index (χ1v) is 13.6. The molecular formula is C32H31F2N3O. The highest BCUT2D eigenvalue weighted by atomic mass is 19.3. The summed E-state index contributed by atoms with van der Waals surface area (Å²) in [5.41, 5.74) is 4.70. The van der Waals surface area contributed by atoms with Gasteiger partial charge < -0.3 is 9.64 Å². The van der Waals surface area contributed by atoms with Crippen molar-refractivity contribution in [3.8, 4) is 5.75 Å². The van der Waals surface area contributed by atoms with Gasteiger partial charge in [-0.1, -0.05) is 54.6 Å². The Morgan fingerprint density at radius 2 is 1.42 bits per heavy atom. The van der Waals surface area contributed by atoms with E-state index in [0.29, 0.717) is 6.61 Å². The Morgan fingerprint density at radius 1 is 0.763 bits per heavy atom. The number of hydrogen-bond acceptors (Lipinski definition) is 4. The lowest BCUT2D eigenvalue weighted by Gasteiger charge is -2.40. The number of hydrogen-bond donors (Lipinski definition) is 0. The molecule has 2 unspecified atom stereocenters. The average molecular weight is 512 g/mol. The number of benzene rings is 3. The zero-order valence-corrected chi connectivity index (χ0v) is 21.3. The predicted octanol–water partition coefficient (Wildman–Crippen LogP) is 6.24. The van der Waals surface area contributed by atoms with Crippen LogP contribution in [0.15, 0.2) is 85.1 Å². The number of aromatic nitrogens is 1. The molecule has 0 N–H and O–H groups in total. The zero-order chi connectivity index (χ0) is 25.7. The molecule has 7 rings (SSSR count). The van der Waals surface area contributed by atoms with Gasteiger partial charge in [0.15, 0.2) is 0 Å². The molecule has 2 atom stereocenters. The van der Waals surface area contributed by atoms with E-state index in [1.165, 1.54) is 0 Å². The molecule has 38 heavy (non-hydrogen) atoms. The van der Waals surface area contributed by atoms with Gasteiger partial charge in [-0.3, -0.25) is 9.88 Å². The SMILES string of the molecule is FC1(F)C2c3ccccc3C(N3CCN(CCCOc4cccc5ncccc45)CC3)c3ccccc3C21. The lowest BCUT2D eigenvalue weighted by atomic mass is 9.90. The van der Waals surface area contributed by atoms with Gasteiger partial charge in [0, 0.05) is 44.3 Å². The normalized spacial score (nSPS) is 24.2. The van der Waals surface area contributed by atoms with Gasteiger partial charge in [0.05, 0.1) is 30.0 Å². The summed E-state index contributed by atoms with van der Waals surface area (Å²) >= 11 is 0. The molecule has 4 nitrogen and oxygen atoms in total. The summed E-state index contributed by atoms with van der Waals surface area (Å²) in [7, 11) is 0. The number of rotatable bonds is 6. The lowest BCUT2D eigenvalue weighted by Crippen LogP contribution is -2.48. The molecular weight excluding hydrogens is 480 g/mol. The van der Waals surface area contributed by atoms with Crippen LogP contribution in [0.5, 0.6) is 5.75 Å². The standard InChI is InChI=1S/C32H31F2N3O/c33-32(34)29-22-8-1-3-10-24(22)31(25-11-4-2-9-23(25)30(29)32)37-19-17-36(18-20-37)16-7-21-38-28-14-5-13-27-26(28)12-6-15-35-27/h1-6,8-15,29-31H,7,16-21H2. The first-order valence-electron chi connectivity index (χ1n) is 13.6. The summed E-state index contributed by atoms with van der Waals surface area (Å²) in [4.78, 5) is 9.39. The second-order valence-electron chi connectivity index (χ2n) is 10.7. The van der Waals surface area contributed by atoms with Crippen molar-refractivity contribution in [3.63, 3.8) is 0 Å². The molecule has 1 saturated carbocycles. The van der Waals surface area contributed by atoms with Gasteiger partial charge >= 0.3 is 0 Å². The number of halogens is 2. The maximum absolute atomic E-state index is 15.0. The van der Waals surface area contributed by atoms with E-state index in [4.69, 9.17) is 4.74 Å². The molecule has 6 heteroatoms. The van der Waals surface area contributed by atoms with Gasteiger partial charge in [0.25, 0.3) is 5.92 Å². The van der Waals surface area contributed by atoms with Crippen LogP contribution in [0.25, 0.3) is 10.9 Å². The fourth-order valence-electron chi connectivity index (χ4n) is 6.66. The predicted molar refractivity (Wildman–Crippen MR) is 145 cm³/mol. The quantitative estimate of drug-likeness (QED) is 0.287. The van der Waals surface area contributed by atoms with Crippen molar-refractivity contribution in [3.05, 3.63) is 107 Å². The molecule has 2 heterocycles. The van der Waals surface area contributed by atoms with Crippen LogP contribution in [0, 0.1) is 0 Å². The van der Waals surface area contributed by atoms with Crippen molar-refractivity contribution in [2.45, 2.75) is 30.2 Å². The van der Waals surface area contributed by atoms with Crippen molar-refractivity contribution < 1.29 is 13.5 Å². The fourth-order valence-corrected chi connectivity index (χ4v) is 6.66. The van der Waals surface area contributed by atoms with E-state index in [-0.39, 0.29) is 6.04 Å². The van der Waals surface area contributed by atoms with E-state index in [9.17, 15) is 8.78 Å². The van der Waals surface area contributed by atoms with E-state index in [0.717, 1.165) is 78.1 Å². The third-order valence-electron chi connectivity index (χ3n) is 8.56. The first kappa shape index (κ1) is 23.7. The molecule has 3 aromatic carbocycles. The van der Waals surface area contributed by atoms with Crippen molar-refractivity contribution in [2.24, 2.45) is 0 Å². The molecule has 1 aromatic heterocycles. The average Bonchev–Trinajstić information content (AvgIpc) is 3.57. The molecule has 194 valence electrons. The maximum atomic E-state index is 15.0. The highest BCUT2D eigenvalue weighted by molar-refractivity contribution is 5.84. The minimum Gasteiger partial charge on any atom is -0.493 e. The molecule has 3 aliphatic rings. The van der Waals surface area contributed by atoms with Gasteiger partial charge in [-0.05, 0) is 52.9 Å². The second kappa shape index (κ2) is 9.44. The van der Waals surface area contributed by atoms with Crippen LogP contribution in [0.3, 0.4) is 0 Å². The molecule has 0 amide bonds. The summed E-state index contributed by atoms with van der Waals surface area (Å²) in [5.74, 6) is -3.19. The van der Waals surface area contributed by atoms with E-state index in [1.54, 1.807) is 6.20 Å². The molecule has 1 aliphatic heterocycles. The Balaban J connectivity index is 1.02. The van der Waals surface area contributed by atoms with Crippen LogP contribution in [0.2, 0.25) is 0 Å². The van der Waals surface area contributed by atoms with E-state index in [1.807, 2.05) is 66.7 Å². The third-order valence-corrected chi connectivity index (χ3v) is 8.56. The number of piperazine rings is 1. The van der Waals surface area contributed by atoms with Crippen LogP contribution in [0.1, 0.15) is 46.6 Å². The Labute approximate surface area is 221 Å². The highest BCUT2D eigenvalue weighted by Crippen LogP contribution is 2.70. The molecule has 2 aliphatic carbocycles. The molecule has 0 spiro atoms. The molecule has 0 bridgehead atoms. The summed E-state index contributed by atoms with van der Waals surface area (Å²) < 4.78 is 36.0. The summed E-state index contributed by atoms with van der Waals surface area (Å²) in [6.45, 7) is 5.38. The number of pyridine rings is 1. The van der Waals surface area contributed by atoms with Crippen molar-refractivity contribution in [1.82, 2.24) is 14.8 Å². The Kier molecular flexibility index (Phi) is 5.90. The van der Waals surface area contributed by atoms with Crippen LogP contribution >= 0.6 is 0 Å². The Bertz CT molecular complexity index is 1410. The van der Waals surface area contributed by atoms with Crippen molar-refractivity contribution >= 4 is 10.9 Å². The number of fused-ring (bicyclic) bond motifs is 6. The van der Waals surface area contributed by atoms with Crippen molar-refractivity contribution in [1.29, 1.82) is 0 Å². The van der Waals surface area contributed by atoms with Crippen LogP contribution < -0.4 is 4.74 Å². The number of ether oxygens (including phenoxy) is 1. The van der Waals surface area contributed by atoms with Crippen molar-refractivity contribution in [2.75, 3.05) is 39.3 Å². The van der Waals surface area contributed by atoms with E-state index < -0.39 is 17.8 Å². The van der Waals surface area contributed by atoms with Crippen LogP contribution in [-0.2, 0) is 0 Å². The number of alkyl halides is 2. The van der Waals surface area contributed by atoms with Gasteiger partial charge in [-0.15, -0.1) is 0 Å². The molecule has 4 aromatic rings. The monoisotopic (exact) mass is 511 g/mol. The zero-order valence-electron chi connectivity index (χ0n) is 21.3. The topological polar surface area (TPSA) is 28.6 Å². The molecule has 1 saturated heterocycles. The van der Waals surface area contributed by atoms with Gasteiger partial charge in [0.2, 0.25) is 0 Å². The highest BCUT2D eigenvalue weighted by Gasteiger charge is 2.71. The van der Waals surface area contributed by atoms with Gasteiger partial charge in [-0.2, -0.15) is 0 Å². The first-order chi connectivity index (χ1) is 18.6. The minimum atomic E-state index is -2.67. The third kappa shape index (κ3) is 3.98. The summed E-state index contributed by atoms with van der Waals surface area (Å²) in [5, 5.41) is 1.04. The molecule has 0 radical (unpaired) electrons. The van der Waals surface area contributed by atoms with E-state index >= 15 is 0 Å². The minimum absolute atomic E-state index is 0.0245. The Morgan fingerprint density at radius 3 is 2.11 bits per heavy atom. The second-order valence-corrected chi connectivity index (χ2v) is 10.7. The summed E-state index contributed by atoms with van der Waals surface area (Å²) in [6, 6.07) is 25.8. The smallest absolute Gasteiger partial charge is 0.263 e. The fraction of sp³-hybridized carbons (Fsp3) is 0.344. The van der Waals surface area contributed by atoms with Gasteiger partial charge in [0.1, 0.15) is 5.75 Å². The Hall–Kier alpha value is -3.35. The maximum Gasteiger partial charge on any atom is 0.263 e. The summed E-state index contributed by atoms with van der Waals surface area (Å²) in [6.07, 6.45) is 2.75. The van der Waals surface area contributed by atoms with Gasteiger partial charge in [-0.25, -0.2) is 8.78 Å². The van der Waals surface area contributed by atoms with E-state index in [2.05, 4.69) is 26.9 Å². The van der Waals surface area contributed by atoms with Crippen LogP contribution in [-0.4, -0.2) is 60.0 Å². The largest absolute Gasteiger partial charge is 0.493 e. The number of nitrogens with zero attached hydrogens (tertiary/aromatic N) is 3. The lowest BCUT2D eigenvalue weighted by molar-refractivity contribution is 0.0958.